The van der Waals surface area contributed by atoms with Gasteiger partial charge in [0.1, 0.15) is 0 Å². The Labute approximate surface area is 117 Å². The number of anilines is 1. The van der Waals surface area contributed by atoms with E-state index in [1.54, 1.807) is 12.1 Å². The fourth-order valence-corrected chi connectivity index (χ4v) is 2.02. The van der Waals surface area contributed by atoms with Crippen LogP contribution in [0.3, 0.4) is 0 Å². The van der Waals surface area contributed by atoms with Crippen molar-refractivity contribution in [3.8, 4) is 5.75 Å². The molecule has 0 saturated heterocycles. The van der Waals surface area contributed by atoms with Crippen LogP contribution in [-0.2, 0) is 13.0 Å². The van der Waals surface area contributed by atoms with Gasteiger partial charge in [-0.1, -0.05) is 24.3 Å². The van der Waals surface area contributed by atoms with Gasteiger partial charge in [-0.15, -0.1) is 0 Å². The Hall–Kier alpha value is -2.07. The highest BCUT2D eigenvalue weighted by Gasteiger charge is 2.06. The molecular weight excluding hydrogens is 257 g/mol. The van der Waals surface area contributed by atoms with Crippen LogP contribution < -0.4 is 5.32 Å². The molecule has 0 fully saturated rings. The van der Waals surface area contributed by atoms with Crippen molar-refractivity contribution in [2.75, 3.05) is 11.9 Å². The number of aliphatic hydroxyl groups is 1. The van der Waals surface area contributed by atoms with Crippen LogP contribution in [0.1, 0.15) is 17.5 Å². The van der Waals surface area contributed by atoms with E-state index in [0.717, 1.165) is 24.1 Å². The van der Waals surface area contributed by atoms with Gasteiger partial charge < -0.3 is 15.5 Å². The lowest BCUT2D eigenvalue weighted by Gasteiger charge is -2.10. The van der Waals surface area contributed by atoms with Gasteiger partial charge in [-0.2, -0.15) is 0 Å². The number of hydrogen-bond donors (Lipinski definition) is 3. The molecule has 4 heteroatoms. The van der Waals surface area contributed by atoms with Gasteiger partial charge in [-0.3, -0.25) is 0 Å². The van der Waals surface area contributed by atoms with E-state index in [4.69, 9.17) is 5.11 Å². The number of aliphatic hydroxyl groups excluding tert-OH is 1. The van der Waals surface area contributed by atoms with Crippen molar-refractivity contribution in [1.82, 2.24) is 0 Å². The Bertz CT molecular complexity index is 572. The molecule has 2 aromatic carbocycles. The fraction of sp³-hybridized carbons (Fsp3) is 0.250. The number of para-hydroxylation sites is 1. The normalized spacial score (nSPS) is 10.5. The summed E-state index contributed by atoms with van der Waals surface area (Å²) in [6.07, 6.45) is 1.55. The van der Waals surface area contributed by atoms with Crippen LogP contribution in [0, 0.1) is 5.82 Å². The zero-order valence-electron chi connectivity index (χ0n) is 11.1. The zero-order chi connectivity index (χ0) is 14.4. The average molecular weight is 275 g/mol. The van der Waals surface area contributed by atoms with Crippen molar-refractivity contribution < 1.29 is 14.6 Å². The van der Waals surface area contributed by atoms with E-state index in [9.17, 15) is 9.50 Å². The molecule has 0 aliphatic rings. The highest BCUT2D eigenvalue weighted by atomic mass is 19.1. The molecule has 106 valence electrons. The molecule has 0 unspecified atom stereocenters. The van der Waals surface area contributed by atoms with E-state index in [0.29, 0.717) is 12.1 Å². The second-order valence-corrected chi connectivity index (χ2v) is 4.63. The van der Waals surface area contributed by atoms with Crippen LogP contribution in [0.15, 0.2) is 42.5 Å². The minimum Gasteiger partial charge on any atom is -0.505 e. The van der Waals surface area contributed by atoms with Crippen LogP contribution in [0.5, 0.6) is 5.75 Å². The van der Waals surface area contributed by atoms with Crippen molar-refractivity contribution >= 4 is 5.69 Å². The molecule has 0 amide bonds. The number of phenolic OH excluding ortho intramolecular Hbond substituents is 1. The summed E-state index contributed by atoms with van der Waals surface area (Å²) in [6, 6.07) is 12.3. The van der Waals surface area contributed by atoms with Crippen molar-refractivity contribution in [1.29, 1.82) is 0 Å². The SMILES string of the molecule is OCCCc1cccc(NCc2cccc(F)c2O)c1. The number of benzene rings is 2. The number of aromatic hydroxyl groups is 1. The summed E-state index contributed by atoms with van der Waals surface area (Å²) in [5.74, 6) is -0.919. The molecule has 20 heavy (non-hydrogen) atoms. The molecule has 0 bridgehead atoms. The average Bonchev–Trinajstić information content (AvgIpc) is 2.47. The van der Waals surface area contributed by atoms with Crippen LogP contribution in [-0.4, -0.2) is 16.8 Å². The number of nitrogens with one attached hydrogen (secondary N) is 1. The summed E-state index contributed by atoms with van der Waals surface area (Å²) in [6.45, 7) is 0.530. The molecule has 3 nitrogen and oxygen atoms in total. The second-order valence-electron chi connectivity index (χ2n) is 4.63. The monoisotopic (exact) mass is 275 g/mol. The third-order valence-electron chi connectivity index (χ3n) is 3.10. The fourth-order valence-electron chi connectivity index (χ4n) is 2.02. The van der Waals surface area contributed by atoms with E-state index in [1.165, 1.54) is 6.07 Å². The maximum absolute atomic E-state index is 13.2. The van der Waals surface area contributed by atoms with Crippen molar-refractivity contribution in [2.24, 2.45) is 0 Å². The largest absolute Gasteiger partial charge is 0.505 e. The van der Waals surface area contributed by atoms with Crippen LogP contribution >= 0.6 is 0 Å². The van der Waals surface area contributed by atoms with Gasteiger partial charge in [0, 0.05) is 24.4 Å². The maximum atomic E-state index is 13.2. The smallest absolute Gasteiger partial charge is 0.165 e. The molecule has 0 atom stereocenters. The Kier molecular flexibility index (Phi) is 4.96. The molecule has 0 saturated carbocycles. The molecule has 2 rings (SSSR count). The number of halogens is 1. The van der Waals surface area contributed by atoms with E-state index < -0.39 is 5.82 Å². The second kappa shape index (κ2) is 6.91. The maximum Gasteiger partial charge on any atom is 0.165 e. The Morgan fingerprint density at radius 3 is 2.70 bits per heavy atom. The molecule has 0 aliphatic carbocycles. The predicted molar refractivity (Wildman–Crippen MR) is 77.2 cm³/mol. The van der Waals surface area contributed by atoms with E-state index in [-0.39, 0.29) is 12.4 Å². The lowest BCUT2D eigenvalue weighted by atomic mass is 10.1. The first-order valence-corrected chi connectivity index (χ1v) is 6.60. The molecule has 0 heterocycles. The van der Waals surface area contributed by atoms with Gasteiger partial charge in [-0.05, 0) is 36.6 Å². The van der Waals surface area contributed by atoms with Crippen LogP contribution in [0.4, 0.5) is 10.1 Å². The Morgan fingerprint density at radius 1 is 1.10 bits per heavy atom. The number of aryl methyl sites for hydroxylation is 1. The van der Waals surface area contributed by atoms with E-state index in [1.807, 2.05) is 24.3 Å². The van der Waals surface area contributed by atoms with Gasteiger partial charge in [0.05, 0.1) is 0 Å². The molecule has 0 aromatic heterocycles. The summed E-state index contributed by atoms with van der Waals surface area (Å²) in [4.78, 5) is 0. The molecule has 3 N–H and O–H groups in total. The minimum absolute atomic E-state index is 0.175. The van der Waals surface area contributed by atoms with Gasteiger partial charge in [0.15, 0.2) is 11.6 Å². The number of rotatable bonds is 6. The van der Waals surface area contributed by atoms with E-state index in [2.05, 4.69) is 5.32 Å². The lowest BCUT2D eigenvalue weighted by molar-refractivity contribution is 0.288. The lowest BCUT2D eigenvalue weighted by Crippen LogP contribution is -2.01. The van der Waals surface area contributed by atoms with Crippen LogP contribution in [0.2, 0.25) is 0 Å². The quantitative estimate of drug-likeness (QED) is 0.759. The van der Waals surface area contributed by atoms with Gasteiger partial charge in [0.2, 0.25) is 0 Å². The summed E-state index contributed by atoms with van der Waals surface area (Å²) in [5.41, 5.74) is 2.56. The van der Waals surface area contributed by atoms with Crippen molar-refractivity contribution in [3.63, 3.8) is 0 Å². The van der Waals surface area contributed by atoms with Crippen LogP contribution in [0.25, 0.3) is 0 Å². The topological polar surface area (TPSA) is 52.5 Å². The first-order chi connectivity index (χ1) is 9.70. The summed E-state index contributed by atoms with van der Waals surface area (Å²) in [7, 11) is 0. The molecule has 0 spiro atoms. The summed E-state index contributed by atoms with van der Waals surface area (Å²) < 4.78 is 13.2. The highest BCUT2D eigenvalue weighted by Crippen LogP contribution is 2.22. The summed E-state index contributed by atoms with van der Waals surface area (Å²) in [5, 5.41) is 21.6. The van der Waals surface area contributed by atoms with Crippen molar-refractivity contribution in [3.05, 3.63) is 59.4 Å². The molecular formula is C16H18FNO2. The van der Waals surface area contributed by atoms with Gasteiger partial charge in [-0.25, -0.2) is 4.39 Å². The standard InChI is InChI=1S/C16H18FNO2/c17-15-8-2-6-13(16(15)20)11-18-14-7-1-4-12(10-14)5-3-9-19/h1-2,4,6-8,10,18-20H,3,5,9,11H2. The zero-order valence-corrected chi connectivity index (χ0v) is 11.1. The molecule has 2 aromatic rings. The molecule has 0 aliphatic heterocycles. The highest BCUT2D eigenvalue weighted by molar-refractivity contribution is 5.47. The van der Waals surface area contributed by atoms with Gasteiger partial charge >= 0.3 is 0 Å². The Morgan fingerprint density at radius 2 is 1.90 bits per heavy atom. The summed E-state index contributed by atoms with van der Waals surface area (Å²) >= 11 is 0. The third-order valence-corrected chi connectivity index (χ3v) is 3.10. The number of phenols is 1. The first kappa shape index (κ1) is 14.3. The molecule has 0 radical (unpaired) electrons. The predicted octanol–water partition coefficient (Wildman–Crippen LogP) is 3.07. The van der Waals surface area contributed by atoms with E-state index >= 15 is 0 Å². The Balaban J connectivity index is 2.01. The minimum atomic E-state index is -0.610. The van der Waals surface area contributed by atoms with Crippen molar-refractivity contribution in [2.45, 2.75) is 19.4 Å². The third kappa shape index (κ3) is 3.71. The number of hydrogen-bond acceptors (Lipinski definition) is 3. The first-order valence-electron chi connectivity index (χ1n) is 6.60. The van der Waals surface area contributed by atoms with Gasteiger partial charge in [0.25, 0.3) is 0 Å².